The van der Waals surface area contributed by atoms with Gasteiger partial charge in [0, 0.05) is 60.6 Å². The lowest BCUT2D eigenvalue weighted by Crippen LogP contribution is -2.44. The summed E-state index contributed by atoms with van der Waals surface area (Å²) in [7, 11) is 2.16. The number of carbonyl (C=O) groups is 2. The van der Waals surface area contributed by atoms with Gasteiger partial charge >= 0.3 is 0 Å². The number of nitrogens with one attached hydrogen (secondary N) is 3. The molecule has 2 fully saturated rings. The van der Waals surface area contributed by atoms with Crippen LogP contribution >= 0.6 is 0 Å². The van der Waals surface area contributed by atoms with Gasteiger partial charge < -0.3 is 25.8 Å². The van der Waals surface area contributed by atoms with Crippen molar-refractivity contribution in [2.24, 2.45) is 0 Å². The van der Waals surface area contributed by atoms with Crippen LogP contribution in [0.2, 0.25) is 0 Å². The van der Waals surface area contributed by atoms with Gasteiger partial charge in [0.1, 0.15) is 0 Å². The molecule has 1 aliphatic carbocycles. The Labute approximate surface area is 241 Å². The zero-order valence-corrected chi connectivity index (χ0v) is 23.4. The Bertz CT molecular complexity index is 1520. The predicted octanol–water partition coefficient (Wildman–Crippen LogP) is 4.78. The number of amides is 2. The van der Waals surface area contributed by atoms with Crippen molar-refractivity contribution in [1.82, 2.24) is 10.2 Å². The maximum Gasteiger partial charge on any atom is 0.296 e. The minimum atomic E-state index is -0.253. The van der Waals surface area contributed by atoms with E-state index < -0.39 is 0 Å². The first kappa shape index (κ1) is 26.7. The third-order valence-corrected chi connectivity index (χ3v) is 8.09. The molecular weight excluding hydrogens is 510 g/mol. The molecular formula is C34H35N5O2. The van der Waals surface area contributed by atoms with E-state index in [1.54, 1.807) is 0 Å². The molecule has 0 spiro atoms. The Balaban J connectivity index is 1.27. The first-order valence-electron chi connectivity index (χ1n) is 14.4. The van der Waals surface area contributed by atoms with Gasteiger partial charge in [0.25, 0.3) is 11.8 Å². The molecule has 0 unspecified atom stereocenters. The summed E-state index contributed by atoms with van der Waals surface area (Å²) in [4.78, 5) is 30.4. The van der Waals surface area contributed by atoms with Crippen LogP contribution in [0.1, 0.15) is 42.4 Å². The van der Waals surface area contributed by atoms with E-state index in [1.807, 2.05) is 48.5 Å². The Kier molecular flexibility index (Phi) is 7.75. The van der Waals surface area contributed by atoms with E-state index in [2.05, 4.69) is 68.9 Å². The van der Waals surface area contributed by atoms with Crippen LogP contribution in [-0.2, 0) is 9.59 Å². The molecule has 3 aromatic carbocycles. The zero-order chi connectivity index (χ0) is 28.2. The van der Waals surface area contributed by atoms with Crippen molar-refractivity contribution in [2.45, 2.75) is 31.7 Å². The molecule has 6 rings (SSSR count). The van der Waals surface area contributed by atoms with Crippen molar-refractivity contribution in [3.63, 3.8) is 0 Å². The Morgan fingerprint density at radius 3 is 2.39 bits per heavy atom. The van der Waals surface area contributed by atoms with Gasteiger partial charge in [0.2, 0.25) is 0 Å². The maximum absolute atomic E-state index is 13.4. The van der Waals surface area contributed by atoms with Crippen LogP contribution < -0.4 is 20.9 Å². The predicted molar refractivity (Wildman–Crippen MR) is 165 cm³/mol. The molecule has 2 amide bonds. The summed E-state index contributed by atoms with van der Waals surface area (Å²) >= 11 is 0. The van der Waals surface area contributed by atoms with Gasteiger partial charge in [-0.2, -0.15) is 0 Å². The number of piperazine rings is 1. The van der Waals surface area contributed by atoms with Crippen molar-refractivity contribution >= 4 is 40.1 Å². The van der Waals surface area contributed by atoms with Gasteiger partial charge in [-0.15, -0.1) is 0 Å². The van der Waals surface area contributed by atoms with Crippen LogP contribution in [-0.4, -0.2) is 56.0 Å². The quantitative estimate of drug-likeness (QED) is 0.318. The zero-order valence-electron chi connectivity index (χ0n) is 23.4. The summed E-state index contributed by atoms with van der Waals surface area (Å²) in [5.41, 5.74) is 6.52. The second kappa shape index (κ2) is 11.9. The van der Waals surface area contributed by atoms with Gasteiger partial charge in [0.15, 0.2) is 0 Å². The van der Waals surface area contributed by atoms with Crippen molar-refractivity contribution in [3.05, 3.63) is 89.5 Å². The van der Waals surface area contributed by atoms with E-state index in [0.29, 0.717) is 16.8 Å². The number of hydrogen-bond donors (Lipinski definition) is 3. The fourth-order valence-electron chi connectivity index (χ4n) is 5.77. The lowest BCUT2D eigenvalue weighted by Gasteiger charge is -2.34. The monoisotopic (exact) mass is 545 g/mol. The number of carbonyl (C=O) groups excluding carboxylic acids is 2. The van der Waals surface area contributed by atoms with Crippen molar-refractivity contribution in [2.75, 3.05) is 48.8 Å². The summed E-state index contributed by atoms with van der Waals surface area (Å²) < 4.78 is 0. The molecule has 41 heavy (non-hydrogen) atoms. The largest absolute Gasteiger partial charge is 0.369 e. The maximum atomic E-state index is 13.4. The highest BCUT2D eigenvalue weighted by molar-refractivity contribution is 6.37. The van der Waals surface area contributed by atoms with Crippen LogP contribution in [0.15, 0.2) is 72.8 Å². The number of rotatable bonds is 5. The molecule has 2 aliphatic heterocycles. The summed E-state index contributed by atoms with van der Waals surface area (Å²) in [5.74, 6) is 5.24. The third-order valence-electron chi connectivity index (χ3n) is 8.09. The number of likely N-dealkylation sites (N-methyl/N-ethyl adjacent to an activating group) is 1. The van der Waals surface area contributed by atoms with Gasteiger partial charge in [-0.05, 0) is 61.9 Å². The van der Waals surface area contributed by atoms with Crippen LogP contribution in [0.25, 0.3) is 11.3 Å². The van der Waals surface area contributed by atoms with Gasteiger partial charge in [-0.25, -0.2) is 0 Å². The average molecular weight is 546 g/mol. The molecule has 0 bridgehead atoms. The van der Waals surface area contributed by atoms with Crippen molar-refractivity contribution < 1.29 is 9.59 Å². The molecule has 3 aromatic rings. The lowest BCUT2D eigenvalue weighted by atomic mass is 9.99. The molecule has 3 N–H and O–H groups in total. The molecule has 0 radical (unpaired) electrons. The fraction of sp³-hybridized carbons (Fsp3) is 0.294. The Morgan fingerprint density at radius 2 is 1.66 bits per heavy atom. The Hall–Kier alpha value is -4.54. The minimum Gasteiger partial charge on any atom is -0.369 e. The van der Waals surface area contributed by atoms with Gasteiger partial charge in [0.05, 0.1) is 17.0 Å². The molecule has 0 aromatic heterocycles. The van der Waals surface area contributed by atoms with Crippen molar-refractivity contribution in [1.29, 1.82) is 0 Å². The van der Waals surface area contributed by atoms with E-state index in [0.717, 1.165) is 74.4 Å². The molecule has 2 heterocycles. The SMILES string of the molecule is CN1CCN(c2ccc(N/C(=C3/C(=O)Nc4cc(C#CC(=O)NC5CCCC5)ccc43)c3ccccc3)cc2)CC1. The highest BCUT2D eigenvalue weighted by atomic mass is 16.2. The number of anilines is 3. The van der Waals surface area contributed by atoms with E-state index in [9.17, 15) is 9.59 Å². The first-order chi connectivity index (χ1) is 20.0. The highest BCUT2D eigenvalue weighted by Crippen LogP contribution is 2.38. The standard InChI is InChI=1S/C34H35N5O2/c1-38-19-21-39(22-20-38)28-15-13-27(14-16-28)36-33(25-7-3-2-4-8-25)32-29-17-11-24(23-30(29)37-34(32)41)12-18-31(40)35-26-9-5-6-10-26/h2-4,7-8,11,13-17,23,26,36H,5-6,9-10,19-22H2,1H3,(H,35,40)(H,37,41)/b33-32+. The van der Waals surface area contributed by atoms with E-state index in [1.165, 1.54) is 5.69 Å². The van der Waals surface area contributed by atoms with E-state index in [-0.39, 0.29) is 17.9 Å². The second-order valence-corrected chi connectivity index (χ2v) is 11.0. The second-order valence-electron chi connectivity index (χ2n) is 11.0. The molecule has 7 heteroatoms. The Morgan fingerprint density at radius 1 is 0.927 bits per heavy atom. The number of nitrogens with zero attached hydrogens (tertiary/aromatic N) is 2. The minimum absolute atomic E-state index is 0.176. The third kappa shape index (κ3) is 6.13. The van der Waals surface area contributed by atoms with Crippen LogP contribution in [0.3, 0.4) is 0 Å². The van der Waals surface area contributed by atoms with Crippen LogP contribution in [0.5, 0.6) is 0 Å². The topological polar surface area (TPSA) is 76.7 Å². The smallest absolute Gasteiger partial charge is 0.296 e. The molecule has 0 atom stereocenters. The fourth-order valence-corrected chi connectivity index (χ4v) is 5.77. The average Bonchev–Trinajstić information content (AvgIpc) is 3.62. The van der Waals surface area contributed by atoms with Crippen LogP contribution in [0.4, 0.5) is 17.1 Å². The summed E-state index contributed by atoms with van der Waals surface area (Å²) in [6.07, 6.45) is 4.35. The van der Waals surface area contributed by atoms with Gasteiger partial charge in [-0.1, -0.05) is 55.2 Å². The summed E-state index contributed by atoms with van der Waals surface area (Å²) in [5, 5.41) is 9.55. The van der Waals surface area contributed by atoms with E-state index >= 15 is 0 Å². The summed E-state index contributed by atoms with van der Waals surface area (Å²) in [6.45, 7) is 4.13. The first-order valence-corrected chi connectivity index (χ1v) is 14.4. The number of benzene rings is 3. The molecule has 1 saturated heterocycles. The highest BCUT2D eigenvalue weighted by Gasteiger charge is 2.29. The van der Waals surface area contributed by atoms with Crippen molar-refractivity contribution in [3.8, 4) is 11.8 Å². The lowest BCUT2D eigenvalue weighted by molar-refractivity contribution is -0.116. The molecule has 7 nitrogen and oxygen atoms in total. The normalized spacial score (nSPS) is 18.3. The summed E-state index contributed by atoms with van der Waals surface area (Å²) in [6, 6.07) is 24.2. The molecule has 208 valence electrons. The number of hydrogen-bond acceptors (Lipinski definition) is 5. The van der Waals surface area contributed by atoms with Gasteiger partial charge in [-0.3, -0.25) is 9.59 Å². The van der Waals surface area contributed by atoms with E-state index in [4.69, 9.17) is 0 Å². The molecule has 1 saturated carbocycles. The van der Waals surface area contributed by atoms with Crippen LogP contribution in [0, 0.1) is 11.8 Å². The number of fused-ring (bicyclic) bond motifs is 1. The molecule has 3 aliphatic rings.